The Morgan fingerprint density at radius 3 is 2.88 bits per heavy atom. The van der Waals surface area contributed by atoms with E-state index < -0.39 is 0 Å². The van der Waals surface area contributed by atoms with Crippen molar-refractivity contribution in [1.29, 1.82) is 0 Å². The molecule has 2 fully saturated rings. The number of nitrogens with two attached hydrogens (primary N) is 1. The Balaban J connectivity index is 1.52. The molecule has 2 N–H and O–H groups in total. The van der Waals surface area contributed by atoms with Gasteiger partial charge in [0.2, 0.25) is 0 Å². The van der Waals surface area contributed by atoms with E-state index in [1.807, 2.05) is 11.8 Å². The second-order valence-electron chi connectivity index (χ2n) is 7.48. The van der Waals surface area contributed by atoms with Crippen LogP contribution in [0, 0.1) is 0 Å². The van der Waals surface area contributed by atoms with Crippen molar-refractivity contribution in [3.8, 4) is 0 Å². The van der Waals surface area contributed by atoms with E-state index in [1.165, 1.54) is 12.8 Å². The average Bonchev–Trinajstić information content (AvgIpc) is 3.31. The molecule has 1 aromatic rings. The number of rotatable bonds is 7. The summed E-state index contributed by atoms with van der Waals surface area (Å²) >= 11 is 0. The normalized spacial score (nSPS) is 22.3. The second-order valence-corrected chi connectivity index (χ2v) is 7.48. The van der Waals surface area contributed by atoms with Crippen LogP contribution in [-0.4, -0.2) is 64.1 Å². The van der Waals surface area contributed by atoms with Gasteiger partial charge in [0.1, 0.15) is 17.7 Å². The molecule has 2 heterocycles. The molecule has 2 atom stereocenters. The molecule has 1 amide bonds. The van der Waals surface area contributed by atoms with Gasteiger partial charge in [-0.15, -0.1) is 0 Å². The van der Waals surface area contributed by atoms with Crippen molar-refractivity contribution in [1.82, 2.24) is 19.8 Å². The summed E-state index contributed by atoms with van der Waals surface area (Å²) in [4.78, 5) is 25.6. The number of likely N-dealkylation sites (N-methyl/N-ethyl adjacent to an activating group) is 1. The number of likely N-dealkylation sites (tertiary alicyclic amines) is 1. The standard InChI is InChI=1S/C19H31N5O2/c1-3-16(26-15-6-4-5-7-15)19(25)24-11-9-14(12-24)23(2)13-18-21-10-8-17(20)22-18/h8,10,14-16H,3-7,9,11-13H2,1-2H3,(H2,20,21,22)/t14-,16+/m1/s1. The van der Waals surface area contributed by atoms with E-state index in [1.54, 1.807) is 12.3 Å². The number of hydrogen-bond acceptors (Lipinski definition) is 6. The molecule has 7 nitrogen and oxygen atoms in total. The smallest absolute Gasteiger partial charge is 0.251 e. The molecule has 1 saturated heterocycles. The fraction of sp³-hybridized carbons (Fsp3) is 0.737. The van der Waals surface area contributed by atoms with E-state index in [2.05, 4.69) is 21.9 Å². The monoisotopic (exact) mass is 361 g/mol. The average molecular weight is 361 g/mol. The van der Waals surface area contributed by atoms with Crippen molar-refractivity contribution in [2.45, 2.75) is 70.2 Å². The third-order valence-electron chi connectivity index (χ3n) is 5.52. The fourth-order valence-corrected chi connectivity index (χ4v) is 3.93. The summed E-state index contributed by atoms with van der Waals surface area (Å²) in [6, 6.07) is 2.00. The number of nitrogens with zero attached hydrogens (tertiary/aromatic N) is 4. The van der Waals surface area contributed by atoms with Crippen molar-refractivity contribution in [2.24, 2.45) is 0 Å². The van der Waals surface area contributed by atoms with Crippen LogP contribution >= 0.6 is 0 Å². The van der Waals surface area contributed by atoms with Gasteiger partial charge in [-0.25, -0.2) is 9.97 Å². The van der Waals surface area contributed by atoms with Gasteiger partial charge in [0.05, 0.1) is 12.6 Å². The van der Waals surface area contributed by atoms with Crippen LogP contribution in [0.1, 0.15) is 51.3 Å². The zero-order chi connectivity index (χ0) is 18.5. The summed E-state index contributed by atoms with van der Waals surface area (Å²) in [6.45, 7) is 4.19. The van der Waals surface area contributed by atoms with Gasteiger partial charge in [0.15, 0.2) is 0 Å². The molecule has 1 aliphatic carbocycles. The van der Waals surface area contributed by atoms with E-state index in [0.29, 0.717) is 24.2 Å². The van der Waals surface area contributed by atoms with Crippen LogP contribution in [0.5, 0.6) is 0 Å². The first-order valence-corrected chi connectivity index (χ1v) is 9.78. The molecule has 0 bridgehead atoms. The van der Waals surface area contributed by atoms with E-state index >= 15 is 0 Å². The first-order chi connectivity index (χ1) is 12.6. The van der Waals surface area contributed by atoms with Gasteiger partial charge in [-0.2, -0.15) is 0 Å². The highest BCUT2D eigenvalue weighted by Gasteiger charge is 2.34. The first-order valence-electron chi connectivity index (χ1n) is 9.78. The van der Waals surface area contributed by atoms with E-state index in [4.69, 9.17) is 10.5 Å². The van der Waals surface area contributed by atoms with E-state index in [-0.39, 0.29) is 18.1 Å². The third-order valence-corrected chi connectivity index (χ3v) is 5.52. The Morgan fingerprint density at radius 2 is 2.19 bits per heavy atom. The first kappa shape index (κ1) is 19.0. The number of hydrogen-bond donors (Lipinski definition) is 1. The Morgan fingerprint density at radius 1 is 1.42 bits per heavy atom. The summed E-state index contributed by atoms with van der Waals surface area (Å²) in [6.07, 6.45) is 7.99. The molecule has 144 valence electrons. The molecule has 26 heavy (non-hydrogen) atoms. The Bertz CT molecular complexity index is 605. The number of aromatic nitrogens is 2. The van der Waals surface area contributed by atoms with Crippen molar-refractivity contribution < 1.29 is 9.53 Å². The van der Waals surface area contributed by atoms with Crippen molar-refractivity contribution in [2.75, 3.05) is 25.9 Å². The van der Waals surface area contributed by atoms with Gasteiger partial charge >= 0.3 is 0 Å². The van der Waals surface area contributed by atoms with Gasteiger partial charge < -0.3 is 15.4 Å². The van der Waals surface area contributed by atoms with Crippen molar-refractivity contribution in [3.05, 3.63) is 18.1 Å². The highest BCUT2D eigenvalue weighted by atomic mass is 16.5. The lowest BCUT2D eigenvalue weighted by Crippen LogP contribution is -2.42. The van der Waals surface area contributed by atoms with Crippen LogP contribution in [0.2, 0.25) is 0 Å². The quantitative estimate of drug-likeness (QED) is 0.797. The number of carbonyl (C=O) groups excluding carboxylic acids is 1. The van der Waals surface area contributed by atoms with Gasteiger partial charge in [0.25, 0.3) is 5.91 Å². The predicted molar refractivity (Wildman–Crippen MR) is 100 cm³/mol. The van der Waals surface area contributed by atoms with Crippen molar-refractivity contribution >= 4 is 11.7 Å². The Hall–Kier alpha value is -1.73. The minimum Gasteiger partial charge on any atom is -0.384 e. The van der Waals surface area contributed by atoms with Gasteiger partial charge in [0, 0.05) is 25.3 Å². The maximum absolute atomic E-state index is 12.9. The number of anilines is 1. The van der Waals surface area contributed by atoms with E-state index in [0.717, 1.165) is 38.8 Å². The Labute approximate surface area is 155 Å². The summed E-state index contributed by atoms with van der Waals surface area (Å²) in [5, 5.41) is 0. The number of amides is 1. The minimum absolute atomic E-state index is 0.149. The van der Waals surface area contributed by atoms with Crippen LogP contribution in [0.4, 0.5) is 5.82 Å². The third kappa shape index (κ3) is 4.71. The topological polar surface area (TPSA) is 84.6 Å². The van der Waals surface area contributed by atoms with Crippen LogP contribution in [-0.2, 0) is 16.1 Å². The molecule has 0 unspecified atom stereocenters. The van der Waals surface area contributed by atoms with Gasteiger partial charge in [-0.3, -0.25) is 9.69 Å². The zero-order valence-electron chi connectivity index (χ0n) is 15.9. The molecule has 0 radical (unpaired) electrons. The fourth-order valence-electron chi connectivity index (χ4n) is 3.93. The summed E-state index contributed by atoms with van der Waals surface area (Å²) in [7, 11) is 2.05. The SMILES string of the molecule is CC[C@H](OC1CCCC1)C(=O)N1CC[C@@H](N(C)Cc2nccc(N)n2)C1. The van der Waals surface area contributed by atoms with E-state index in [9.17, 15) is 4.79 Å². The van der Waals surface area contributed by atoms with Gasteiger partial charge in [-0.05, 0) is 38.8 Å². The number of carbonyl (C=O) groups is 1. The highest BCUT2D eigenvalue weighted by molar-refractivity contribution is 5.81. The maximum atomic E-state index is 12.9. The molecule has 2 aliphatic rings. The highest BCUT2D eigenvalue weighted by Crippen LogP contribution is 2.25. The molecular formula is C19H31N5O2. The molecule has 1 aromatic heterocycles. The van der Waals surface area contributed by atoms with Crippen LogP contribution in [0.3, 0.4) is 0 Å². The zero-order valence-corrected chi connectivity index (χ0v) is 15.9. The van der Waals surface area contributed by atoms with Crippen LogP contribution < -0.4 is 5.73 Å². The lowest BCUT2D eigenvalue weighted by molar-refractivity contribution is -0.146. The largest absolute Gasteiger partial charge is 0.384 e. The summed E-state index contributed by atoms with van der Waals surface area (Å²) in [5.41, 5.74) is 5.73. The lowest BCUT2D eigenvalue weighted by Gasteiger charge is -2.27. The molecule has 0 spiro atoms. The second kappa shape index (κ2) is 8.77. The molecule has 1 aliphatic heterocycles. The summed E-state index contributed by atoms with van der Waals surface area (Å²) < 4.78 is 6.10. The molecule has 1 saturated carbocycles. The summed E-state index contributed by atoms with van der Waals surface area (Å²) in [5.74, 6) is 1.35. The molecular weight excluding hydrogens is 330 g/mol. The Kier molecular flexibility index (Phi) is 6.43. The van der Waals surface area contributed by atoms with Gasteiger partial charge in [-0.1, -0.05) is 19.8 Å². The molecule has 7 heteroatoms. The number of nitrogen functional groups attached to an aromatic ring is 1. The van der Waals surface area contributed by atoms with Crippen molar-refractivity contribution in [3.63, 3.8) is 0 Å². The molecule has 3 rings (SSSR count). The predicted octanol–water partition coefficient (Wildman–Crippen LogP) is 1.83. The maximum Gasteiger partial charge on any atom is 0.251 e. The minimum atomic E-state index is -0.292. The number of ether oxygens (including phenoxy) is 1. The van der Waals surface area contributed by atoms with Crippen LogP contribution in [0.15, 0.2) is 12.3 Å². The van der Waals surface area contributed by atoms with Crippen LogP contribution in [0.25, 0.3) is 0 Å². The lowest BCUT2D eigenvalue weighted by atomic mass is 10.2. The molecule has 0 aromatic carbocycles.